The third kappa shape index (κ3) is 74.3. The Morgan fingerprint density at radius 2 is 0.778 bits per heavy atom. The zero-order valence-corrected chi connectivity index (χ0v) is 7.32. The molecule has 0 saturated carbocycles. The van der Waals surface area contributed by atoms with Crippen LogP contribution in [0.4, 0.5) is 0 Å². The van der Waals surface area contributed by atoms with Gasteiger partial charge in [-0.15, -0.1) is 0 Å². The summed E-state index contributed by atoms with van der Waals surface area (Å²) in [5.41, 5.74) is 0. The van der Waals surface area contributed by atoms with E-state index in [4.69, 9.17) is 3.83 Å². The first-order valence-corrected chi connectivity index (χ1v) is 0.636. The third-order valence-corrected chi connectivity index (χ3v) is 0. The molecule has 0 aromatic heterocycles. The molecule has 1 nitrogen and oxygen atoms in total. The van der Waals surface area contributed by atoms with Gasteiger partial charge in [-0.25, -0.2) is 0 Å². The molecule has 0 spiro atoms. The number of hydrogen-bond donors (Lipinski definition) is 0. The van der Waals surface area contributed by atoms with Crippen LogP contribution in [0.5, 0.6) is 0 Å². The second-order valence-corrected chi connectivity index (χ2v) is 0. The summed E-state index contributed by atoms with van der Waals surface area (Å²) in [5.74, 6) is 0. The van der Waals surface area contributed by atoms with Gasteiger partial charge in [-0.3, -0.25) is 0 Å². The van der Waals surface area contributed by atoms with E-state index >= 15 is 0 Å². The van der Waals surface area contributed by atoms with Gasteiger partial charge in [-0.1, -0.05) is 0 Å². The van der Waals surface area contributed by atoms with Gasteiger partial charge in [0.05, 0.1) is 0 Å². The Hall–Kier alpha value is 4.05. The molecule has 0 heterocycles. The van der Waals surface area contributed by atoms with Gasteiger partial charge in [0.2, 0.25) is 0 Å². The van der Waals surface area contributed by atoms with Gasteiger partial charge in [0.1, 0.15) is 0 Å². The Kier molecular flexibility index (Phi) is 741. The zero-order chi connectivity index (χ0) is 2.00. The molecule has 0 saturated heterocycles. The first-order valence-electron chi connectivity index (χ1n) is 0.154. The molecular formula is H5AlCo2Li2MnNi2O. The van der Waals surface area contributed by atoms with Crippen molar-refractivity contribution in [3.05, 3.63) is 0 Å². The standard InChI is InChI=1S/Al.2Co.2Li.Mn.2Ni.O.5H. The molecule has 0 unspecified atom stereocenters. The summed E-state index contributed by atoms with van der Waals surface area (Å²) in [4.78, 5) is 0. The fourth-order valence-electron chi connectivity index (χ4n) is 0. The molecule has 0 aromatic rings. The molecule has 2 radical (unpaired) electrons. The fourth-order valence-corrected chi connectivity index (χ4v) is 0. The Labute approximate surface area is 139 Å². The Balaban J connectivity index is -0.000000000238. The molecule has 0 rings (SSSR count). The van der Waals surface area contributed by atoms with Crippen LogP contribution < -0.4 is 0 Å². The van der Waals surface area contributed by atoms with Gasteiger partial charge < -0.3 is 0 Å². The monoisotopic (exact) mass is 351 g/mol. The van der Waals surface area contributed by atoms with Crippen molar-refractivity contribution in [2.75, 3.05) is 0 Å². The zero-order valence-electron chi connectivity index (χ0n) is 2.09. The molecule has 0 atom stereocenters. The van der Waals surface area contributed by atoms with Crippen LogP contribution in [0.1, 0.15) is 0 Å². The summed E-state index contributed by atoms with van der Waals surface area (Å²) in [6.45, 7) is 0. The van der Waals surface area contributed by atoms with E-state index in [0.29, 0.717) is 0 Å². The maximum atomic E-state index is 8.06. The Morgan fingerprint density at radius 1 is 0.778 bits per heavy atom. The van der Waals surface area contributed by atoms with Crippen LogP contribution in [0.3, 0.4) is 0 Å². The van der Waals surface area contributed by atoms with Crippen LogP contribution in [0.2, 0.25) is 0 Å². The molecule has 0 aliphatic rings. The van der Waals surface area contributed by atoms with Crippen molar-refractivity contribution in [2.45, 2.75) is 0 Å². The van der Waals surface area contributed by atoms with Crippen molar-refractivity contribution in [1.29, 1.82) is 0 Å². The van der Waals surface area contributed by atoms with Crippen LogP contribution in [-0.4, -0.2) is 55.1 Å². The van der Waals surface area contributed by atoms with Gasteiger partial charge in [0.25, 0.3) is 0 Å². The van der Waals surface area contributed by atoms with Gasteiger partial charge >= 0.3 is 57.5 Å². The second kappa shape index (κ2) is 89.8. The summed E-state index contributed by atoms with van der Waals surface area (Å²) in [6, 6.07) is 0. The molecule has 0 N–H and O–H groups in total. The molecule has 0 aliphatic carbocycles. The van der Waals surface area contributed by atoms with Crippen molar-refractivity contribution in [3.8, 4) is 0 Å². The van der Waals surface area contributed by atoms with Gasteiger partial charge in [-0.05, 0) is 0 Å². The SMILES string of the molecule is [AlH3].[Co].[Co].[LiH].[LiH].[Ni].[Ni].[O]=[Mn]. The summed E-state index contributed by atoms with van der Waals surface area (Å²) < 4.78 is 8.06. The first-order chi connectivity index (χ1) is 1.00. The van der Waals surface area contributed by atoms with E-state index in [-0.39, 0.29) is 122 Å². The van der Waals surface area contributed by atoms with E-state index in [1.807, 2.05) is 0 Å². The molecule has 61 valence electrons. The van der Waals surface area contributed by atoms with Crippen molar-refractivity contribution >= 4 is 55.1 Å². The van der Waals surface area contributed by atoms with Crippen molar-refractivity contribution in [2.24, 2.45) is 0 Å². The molecule has 0 bridgehead atoms. The topological polar surface area (TPSA) is 17.1 Å². The van der Waals surface area contributed by atoms with Gasteiger partial charge in [0.15, 0.2) is 17.4 Å². The van der Waals surface area contributed by atoms with Crippen LogP contribution in [0.25, 0.3) is 0 Å². The fraction of sp³-hybridized carbons (Fsp3) is 0. The van der Waals surface area contributed by atoms with Crippen molar-refractivity contribution < 1.29 is 86.3 Å². The second-order valence-electron chi connectivity index (χ2n) is 0. The summed E-state index contributed by atoms with van der Waals surface area (Å²) in [5, 5.41) is 0. The minimum atomic E-state index is 0. The summed E-state index contributed by atoms with van der Waals surface area (Å²) >= 11 is 1.69. The van der Waals surface area contributed by atoms with Crippen LogP contribution in [-0.2, 0) is 86.3 Å². The van der Waals surface area contributed by atoms with Gasteiger partial charge in [-0.2, -0.15) is 0 Å². The molecule has 9 heavy (non-hydrogen) atoms. The average Bonchev–Trinajstić information content (AvgIpc) is 1.00. The van der Waals surface area contributed by atoms with Gasteiger partial charge in [0, 0.05) is 66.5 Å². The average molecular weight is 352 g/mol. The quantitative estimate of drug-likeness (QED) is 0.437. The van der Waals surface area contributed by atoms with E-state index in [1.54, 1.807) is 15.9 Å². The molecule has 0 amide bonds. The van der Waals surface area contributed by atoms with E-state index < -0.39 is 0 Å². The molecular weight excluding hydrogens is 347 g/mol. The first kappa shape index (κ1) is 74.3. The van der Waals surface area contributed by atoms with E-state index in [9.17, 15) is 0 Å². The predicted molar refractivity (Wildman–Crippen MR) is 24.9 cm³/mol. The summed E-state index contributed by atoms with van der Waals surface area (Å²) in [6.07, 6.45) is 0. The number of rotatable bonds is 0. The maximum absolute atomic E-state index is 8.06. The van der Waals surface area contributed by atoms with Crippen molar-refractivity contribution in [1.82, 2.24) is 0 Å². The van der Waals surface area contributed by atoms with Crippen LogP contribution >= 0.6 is 0 Å². The minimum absolute atomic E-state index is 0. The molecule has 0 aromatic carbocycles. The molecule has 9 heteroatoms. The van der Waals surface area contributed by atoms with E-state index in [0.717, 1.165) is 0 Å². The number of hydrogen-bond acceptors (Lipinski definition) is 1. The molecule has 0 aliphatic heterocycles. The van der Waals surface area contributed by atoms with Crippen LogP contribution in [0, 0.1) is 0 Å². The Morgan fingerprint density at radius 3 is 0.778 bits per heavy atom. The predicted octanol–water partition coefficient (Wildman–Crippen LogP) is -2.61. The van der Waals surface area contributed by atoms with E-state index in [2.05, 4.69) is 0 Å². The van der Waals surface area contributed by atoms with E-state index in [1.165, 1.54) is 0 Å². The van der Waals surface area contributed by atoms with Crippen molar-refractivity contribution in [3.63, 3.8) is 0 Å². The Bertz CT molecular complexity index is 22.5. The third-order valence-electron chi connectivity index (χ3n) is 0. The molecule has 0 fully saturated rings. The van der Waals surface area contributed by atoms with Crippen LogP contribution in [0.15, 0.2) is 0 Å². The summed E-state index contributed by atoms with van der Waals surface area (Å²) in [7, 11) is 0. The normalized spacial score (nSPS) is 0.444.